The van der Waals surface area contributed by atoms with E-state index in [4.69, 9.17) is 0 Å². The van der Waals surface area contributed by atoms with Gasteiger partial charge in [-0.1, -0.05) is 0 Å². The van der Waals surface area contributed by atoms with Gasteiger partial charge in [0.2, 0.25) is 0 Å². The monoisotopic (exact) mass is 99.1 g/mol. The largest absolute Gasteiger partial charge is 0.392 e. The highest BCUT2D eigenvalue weighted by atomic mass is 16.1. The molecule has 2 nitrogen and oxygen atoms in total. The lowest BCUT2D eigenvalue weighted by Gasteiger charge is -1.91. The number of nitrogens with one attached hydrogen (secondary N) is 1. The van der Waals surface area contributed by atoms with Crippen molar-refractivity contribution in [2.75, 3.05) is 7.05 Å². The Bertz CT molecular complexity index is 86.1. The minimum atomic E-state index is 0.756. The van der Waals surface area contributed by atoms with Gasteiger partial charge < -0.3 is 5.32 Å². The number of allylic oxidation sites excluding steroid dienone is 2. The van der Waals surface area contributed by atoms with Crippen molar-refractivity contribution in [3.05, 3.63) is 11.8 Å². The van der Waals surface area contributed by atoms with Gasteiger partial charge in [-0.25, -0.2) is 0 Å². The summed E-state index contributed by atoms with van der Waals surface area (Å²) < 4.78 is 0. The maximum Gasteiger partial charge on any atom is 0.144 e. The second-order valence-electron chi connectivity index (χ2n) is 1.24. The molecular formula is C5H9NO. The van der Waals surface area contributed by atoms with E-state index in [9.17, 15) is 4.79 Å². The summed E-state index contributed by atoms with van der Waals surface area (Å²) in [6, 6.07) is 0. The van der Waals surface area contributed by atoms with Gasteiger partial charge in [0.05, 0.1) is 0 Å². The molecule has 0 rings (SSSR count). The van der Waals surface area contributed by atoms with Gasteiger partial charge in [-0.05, 0) is 13.0 Å². The highest BCUT2D eigenvalue weighted by Crippen LogP contribution is 1.76. The van der Waals surface area contributed by atoms with E-state index in [0.29, 0.717) is 0 Å². The molecule has 0 saturated heterocycles. The molecule has 0 fully saturated rings. The number of rotatable bonds is 2. The molecule has 0 heterocycles. The van der Waals surface area contributed by atoms with Crippen molar-refractivity contribution in [1.29, 1.82) is 0 Å². The molecule has 0 aliphatic heterocycles. The highest BCUT2D eigenvalue weighted by molar-refractivity contribution is 5.65. The van der Waals surface area contributed by atoms with Gasteiger partial charge in [0.1, 0.15) is 6.29 Å². The van der Waals surface area contributed by atoms with Crippen LogP contribution >= 0.6 is 0 Å². The Hall–Kier alpha value is -0.790. The molecule has 0 amide bonds. The summed E-state index contributed by atoms with van der Waals surface area (Å²) in [4.78, 5) is 9.66. The second kappa shape index (κ2) is 3.40. The van der Waals surface area contributed by atoms with Crippen molar-refractivity contribution in [3.8, 4) is 0 Å². The molecule has 0 aromatic heterocycles. The molecule has 0 unspecified atom stereocenters. The van der Waals surface area contributed by atoms with Crippen LogP contribution in [-0.4, -0.2) is 13.3 Å². The average molecular weight is 99.1 g/mol. The fraction of sp³-hybridized carbons (Fsp3) is 0.400. The van der Waals surface area contributed by atoms with E-state index in [0.717, 1.165) is 12.0 Å². The van der Waals surface area contributed by atoms with Crippen molar-refractivity contribution in [2.45, 2.75) is 6.92 Å². The molecule has 1 N–H and O–H groups in total. The molecule has 0 atom stereocenters. The third-order valence-corrected chi connectivity index (χ3v) is 0.712. The summed E-state index contributed by atoms with van der Waals surface area (Å²) in [6.45, 7) is 1.83. The van der Waals surface area contributed by atoms with E-state index in [1.54, 1.807) is 7.05 Å². The van der Waals surface area contributed by atoms with Gasteiger partial charge in [-0.3, -0.25) is 4.79 Å². The smallest absolute Gasteiger partial charge is 0.144 e. The molecule has 0 bridgehead atoms. The van der Waals surface area contributed by atoms with Crippen molar-refractivity contribution in [3.63, 3.8) is 0 Å². The van der Waals surface area contributed by atoms with E-state index < -0.39 is 0 Å². The summed E-state index contributed by atoms with van der Waals surface area (Å²) >= 11 is 0. The van der Waals surface area contributed by atoms with Crippen molar-refractivity contribution < 1.29 is 4.79 Å². The normalized spacial score (nSPS) is 10.9. The van der Waals surface area contributed by atoms with Crippen LogP contribution in [0, 0.1) is 0 Å². The second-order valence-corrected chi connectivity index (χ2v) is 1.24. The van der Waals surface area contributed by atoms with Gasteiger partial charge in [-0.15, -0.1) is 0 Å². The van der Waals surface area contributed by atoms with Crippen LogP contribution in [0.25, 0.3) is 0 Å². The van der Waals surface area contributed by atoms with Crippen molar-refractivity contribution in [1.82, 2.24) is 5.32 Å². The summed E-state index contributed by atoms with van der Waals surface area (Å²) in [5.41, 5.74) is 0.884. The lowest BCUT2D eigenvalue weighted by molar-refractivity contribution is -0.104. The zero-order valence-corrected chi connectivity index (χ0v) is 4.56. The topological polar surface area (TPSA) is 29.1 Å². The molecule has 0 spiro atoms. The number of hydrogen-bond acceptors (Lipinski definition) is 2. The average Bonchev–Trinajstić information content (AvgIpc) is 1.68. The standard InChI is InChI=1S/C5H9NO/c1-5(6-2)3-4-7/h3-4,6H,1-2H3/b5-3+. The van der Waals surface area contributed by atoms with Crippen LogP contribution in [0.1, 0.15) is 6.92 Å². The minimum Gasteiger partial charge on any atom is -0.392 e. The van der Waals surface area contributed by atoms with Crippen molar-refractivity contribution >= 4 is 6.29 Å². The zero-order valence-electron chi connectivity index (χ0n) is 4.56. The summed E-state index contributed by atoms with van der Waals surface area (Å²) in [5, 5.41) is 2.80. The van der Waals surface area contributed by atoms with Crippen LogP contribution < -0.4 is 5.32 Å². The number of carbonyl (C=O) groups is 1. The first-order valence-electron chi connectivity index (χ1n) is 2.11. The van der Waals surface area contributed by atoms with Crippen LogP contribution in [0.5, 0.6) is 0 Å². The molecule has 0 radical (unpaired) electrons. The molecule has 0 aliphatic rings. The SMILES string of the molecule is CN/C(C)=C/C=O. The Morgan fingerprint density at radius 1 is 1.71 bits per heavy atom. The van der Waals surface area contributed by atoms with Gasteiger partial charge in [-0.2, -0.15) is 0 Å². The van der Waals surface area contributed by atoms with Gasteiger partial charge in [0.15, 0.2) is 0 Å². The number of carbonyl (C=O) groups excluding carboxylic acids is 1. The zero-order chi connectivity index (χ0) is 5.70. The molecule has 0 aromatic carbocycles. The Labute approximate surface area is 43.2 Å². The first-order valence-corrected chi connectivity index (χ1v) is 2.11. The van der Waals surface area contributed by atoms with E-state index in [1.165, 1.54) is 6.08 Å². The molecule has 2 heteroatoms. The Morgan fingerprint density at radius 2 is 2.29 bits per heavy atom. The predicted molar refractivity (Wildman–Crippen MR) is 28.9 cm³/mol. The third kappa shape index (κ3) is 3.03. The quantitative estimate of drug-likeness (QED) is 0.398. The molecule has 7 heavy (non-hydrogen) atoms. The Morgan fingerprint density at radius 3 is 2.43 bits per heavy atom. The fourth-order valence-electron chi connectivity index (χ4n) is 0.185. The van der Waals surface area contributed by atoms with Gasteiger partial charge in [0.25, 0.3) is 0 Å². The summed E-state index contributed by atoms with van der Waals surface area (Å²) in [7, 11) is 1.77. The van der Waals surface area contributed by atoms with E-state index in [2.05, 4.69) is 5.32 Å². The van der Waals surface area contributed by atoms with Crippen LogP contribution in [-0.2, 0) is 4.79 Å². The molecular weight excluding hydrogens is 90.1 g/mol. The van der Waals surface area contributed by atoms with Crippen molar-refractivity contribution in [2.24, 2.45) is 0 Å². The van der Waals surface area contributed by atoms with Gasteiger partial charge >= 0.3 is 0 Å². The van der Waals surface area contributed by atoms with Crippen LogP contribution in [0.4, 0.5) is 0 Å². The molecule has 40 valence electrons. The lowest BCUT2D eigenvalue weighted by atomic mass is 10.5. The van der Waals surface area contributed by atoms with Crippen LogP contribution in [0.3, 0.4) is 0 Å². The Balaban J connectivity index is 3.49. The van der Waals surface area contributed by atoms with Gasteiger partial charge in [0, 0.05) is 12.7 Å². The molecule has 0 aliphatic carbocycles. The van der Waals surface area contributed by atoms with E-state index >= 15 is 0 Å². The predicted octanol–water partition coefficient (Wildman–Crippen LogP) is 0.309. The summed E-state index contributed by atoms with van der Waals surface area (Å²) in [5.74, 6) is 0. The maximum atomic E-state index is 9.66. The number of hydrogen-bond donors (Lipinski definition) is 1. The molecule has 0 aromatic rings. The lowest BCUT2D eigenvalue weighted by Crippen LogP contribution is -2.00. The highest BCUT2D eigenvalue weighted by Gasteiger charge is 1.73. The fourth-order valence-corrected chi connectivity index (χ4v) is 0.185. The van der Waals surface area contributed by atoms with Crippen LogP contribution in [0.15, 0.2) is 11.8 Å². The Kier molecular flexibility index (Phi) is 3.02. The molecule has 0 saturated carbocycles. The van der Waals surface area contributed by atoms with Crippen LogP contribution in [0.2, 0.25) is 0 Å². The minimum absolute atomic E-state index is 0.756. The first-order chi connectivity index (χ1) is 3.31. The maximum absolute atomic E-state index is 9.66. The van der Waals surface area contributed by atoms with E-state index in [-0.39, 0.29) is 0 Å². The van der Waals surface area contributed by atoms with E-state index in [1.807, 2.05) is 6.92 Å². The summed E-state index contributed by atoms with van der Waals surface area (Å²) in [6.07, 6.45) is 2.23. The number of aldehydes is 1. The first kappa shape index (κ1) is 6.21. The third-order valence-electron chi connectivity index (χ3n) is 0.712.